The molecule has 1 amide bonds. The van der Waals surface area contributed by atoms with Crippen molar-refractivity contribution in [2.45, 2.75) is 37.2 Å². The first-order valence-corrected chi connectivity index (χ1v) is 14.6. The summed E-state index contributed by atoms with van der Waals surface area (Å²) in [5.41, 5.74) is 2.30. The molecule has 5 rings (SSSR count). The molecular formula is C29H32FN3O5S. The van der Waals surface area contributed by atoms with Crippen molar-refractivity contribution in [1.29, 1.82) is 0 Å². The van der Waals surface area contributed by atoms with Crippen LogP contribution in [-0.4, -0.2) is 52.1 Å². The summed E-state index contributed by atoms with van der Waals surface area (Å²) in [4.78, 5) is 15.5. The molecule has 39 heavy (non-hydrogen) atoms. The lowest BCUT2D eigenvalue weighted by atomic mass is 10.0. The number of piperidine rings is 1. The first-order valence-electron chi connectivity index (χ1n) is 13.1. The highest BCUT2D eigenvalue weighted by Crippen LogP contribution is 2.34. The lowest BCUT2D eigenvalue weighted by molar-refractivity contribution is -0.119. The van der Waals surface area contributed by atoms with Gasteiger partial charge in [0.1, 0.15) is 25.6 Å². The molecule has 0 unspecified atom stereocenters. The second kappa shape index (κ2) is 12.0. The summed E-state index contributed by atoms with van der Waals surface area (Å²) in [6, 6.07) is 17.3. The number of rotatable bonds is 9. The number of nitrogens with one attached hydrogen (secondary N) is 1. The monoisotopic (exact) mass is 553 g/mol. The summed E-state index contributed by atoms with van der Waals surface area (Å²) in [5.74, 6) is -0.218. The van der Waals surface area contributed by atoms with Crippen molar-refractivity contribution in [3.05, 3.63) is 83.7 Å². The largest absolute Gasteiger partial charge is 0.486 e. The van der Waals surface area contributed by atoms with Gasteiger partial charge in [0.2, 0.25) is 5.91 Å². The molecule has 0 spiro atoms. The maximum Gasteiger partial charge on any atom is 0.264 e. The Bertz CT molecular complexity index is 1410. The van der Waals surface area contributed by atoms with Crippen LogP contribution in [0.5, 0.6) is 11.5 Å². The fraction of sp³-hybridized carbons (Fsp3) is 0.345. The molecule has 2 aliphatic rings. The number of benzene rings is 3. The normalized spacial score (nSPS) is 15.5. The van der Waals surface area contributed by atoms with Crippen LogP contribution in [0.15, 0.2) is 71.6 Å². The average molecular weight is 554 g/mol. The molecule has 1 fully saturated rings. The predicted octanol–water partition coefficient (Wildman–Crippen LogP) is 4.09. The minimum Gasteiger partial charge on any atom is -0.486 e. The standard InChI is InChI=1S/C29H32FN3O5S/c30-24-8-10-25(11-9-24)33(39(35,36)26-12-13-27-28(18-26)38-17-16-37-27)21-29(34)31-19-22-6-2-3-7-23(22)20-32-14-4-1-5-15-32/h2-3,6-13,18H,1,4-5,14-17,19-21H2,(H,31,34). The first-order chi connectivity index (χ1) is 18.9. The lowest BCUT2D eigenvalue weighted by Gasteiger charge is -2.27. The predicted molar refractivity (Wildman–Crippen MR) is 146 cm³/mol. The van der Waals surface area contributed by atoms with Gasteiger partial charge >= 0.3 is 0 Å². The minimum absolute atomic E-state index is 0.0595. The van der Waals surface area contributed by atoms with Gasteiger partial charge in [0, 0.05) is 19.2 Å². The smallest absolute Gasteiger partial charge is 0.264 e. The number of amides is 1. The van der Waals surface area contributed by atoms with E-state index in [-0.39, 0.29) is 17.1 Å². The number of sulfonamides is 1. The van der Waals surface area contributed by atoms with Crippen LogP contribution in [0.3, 0.4) is 0 Å². The highest BCUT2D eigenvalue weighted by Gasteiger charge is 2.29. The Balaban J connectivity index is 1.34. The third-order valence-corrected chi connectivity index (χ3v) is 8.71. The topological polar surface area (TPSA) is 88.2 Å². The van der Waals surface area contributed by atoms with Crippen molar-refractivity contribution >= 4 is 21.6 Å². The number of hydrogen-bond acceptors (Lipinski definition) is 6. The van der Waals surface area contributed by atoms with E-state index in [0.717, 1.165) is 47.2 Å². The van der Waals surface area contributed by atoms with Crippen molar-refractivity contribution in [2.24, 2.45) is 0 Å². The molecule has 0 aliphatic carbocycles. The highest BCUT2D eigenvalue weighted by atomic mass is 32.2. The summed E-state index contributed by atoms with van der Waals surface area (Å²) in [6.45, 7) is 3.41. The molecule has 2 aliphatic heterocycles. The van der Waals surface area contributed by atoms with Crippen LogP contribution >= 0.6 is 0 Å². The van der Waals surface area contributed by atoms with Crippen molar-refractivity contribution in [2.75, 3.05) is 37.2 Å². The second-order valence-corrected chi connectivity index (χ2v) is 11.5. The van der Waals surface area contributed by atoms with Gasteiger partial charge in [-0.15, -0.1) is 0 Å². The van der Waals surface area contributed by atoms with E-state index in [1.165, 1.54) is 49.6 Å². The van der Waals surface area contributed by atoms with Gasteiger partial charge in [-0.1, -0.05) is 30.7 Å². The third-order valence-electron chi connectivity index (χ3n) is 6.94. The molecular weight excluding hydrogens is 521 g/mol. The van der Waals surface area contributed by atoms with Gasteiger partial charge in [-0.25, -0.2) is 12.8 Å². The Labute approximate surface area is 228 Å². The zero-order chi connectivity index (χ0) is 27.2. The van der Waals surface area contributed by atoms with Gasteiger partial charge in [0.05, 0.1) is 10.6 Å². The van der Waals surface area contributed by atoms with E-state index >= 15 is 0 Å². The molecule has 2 heterocycles. The summed E-state index contributed by atoms with van der Waals surface area (Å²) < 4.78 is 53.2. The Kier molecular flexibility index (Phi) is 8.33. The number of hydrogen-bond donors (Lipinski definition) is 1. The summed E-state index contributed by atoms with van der Waals surface area (Å²) in [6.07, 6.45) is 3.64. The number of carbonyl (C=O) groups is 1. The second-order valence-electron chi connectivity index (χ2n) is 9.68. The van der Waals surface area contributed by atoms with Crippen LogP contribution in [0.2, 0.25) is 0 Å². The lowest BCUT2D eigenvalue weighted by Crippen LogP contribution is -2.41. The number of fused-ring (bicyclic) bond motifs is 1. The molecule has 3 aromatic rings. The summed E-state index contributed by atoms with van der Waals surface area (Å²) in [5, 5.41) is 2.88. The van der Waals surface area contributed by atoms with Crippen molar-refractivity contribution in [1.82, 2.24) is 10.2 Å². The number of halogens is 1. The van der Waals surface area contributed by atoms with Crippen molar-refractivity contribution in [3.8, 4) is 11.5 Å². The molecule has 8 nitrogen and oxygen atoms in total. The van der Waals surface area contributed by atoms with Gasteiger partial charge in [0.15, 0.2) is 11.5 Å². The fourth-order valence-electron chi connectivity index (χ4n) is 4.86. The van der Waals surface area contributed by atoms with Crippen LogP contribution in [0.25, 0.3) is 0 Å². The van der Waals surface area contributed by atoms with Gasteiger partial charge in [-0.3, -0.25) is 14.0 Å². The van der Waals surface area contributed by atoms with Gasteiger partial charge in [-0.05, 0) is 73.5 Å². The number of nitrogens with zero attached hydrogens (tertiary/aromatic N) is 2. The van der Waals surface area contributed by atoms with E-state index in [1.54, 1.807) is 0 Å². The molecule has 0 atom stereocenters. The molecule has 1 N–H and O–H groups in total. The van der Waals surface area contributed by atoms with E-state index in [0.29, 0.717) is 24.7 Å². The van der Waals surface area contributed by atoms with Crippen LogP contribution in [0.4, 0.5) is 10.1 Å². The van der Waals surface area contributed by atoms with Crippen LogP contribution < -0.4 is 19.1 Å². The van der Waals surface area contributed by atoms with Gasteiger partial charge < -0.3 is 14.8 Å². The summed E-state index contributed by atoms with van der Waals surface area (Å²) >= 11 is 0. The molecule has 0 radical (unpaired) electrons. The maximum atomic E-state index is 13.7. The quantitative estimate of drug-likeness (QED) is 0.430. The number of carbonyl (C=O) groups excluding carboxylic acids is 1. The number of anilines is 1. The van der Waals surface area contributed by atoms with Crippen LogP contribution in [0.1, 0.15) is 30.4 Å². The molecule has 0 aromatic heterocycles. The van der Waals surface area contributed by atoms with Crippen LogP contribution in [0, 0.1) is 5.82 Å². The maximum absolute atomic E-state index is 13.7. The van der Waals surface area contributed by atoms with E-state index in [9.17, 15) is 17.6 Å². The van der Waals surface area contributed by atoms with E-state index in [2.05, 4.69) is 16.3 Å². The number of likely N-dealkylation sites (tertiary alicyclic amines) is 1. The molecule has 0 saturated carbocycles. The Hall–Kier alpha value is -3.63. The van der Waals surface area contributed by atoms with E-state index in [4.69, 9.17) is 9.47 Å². The van der Waals surface area contributed by atoms with Gasteiger partial charge in [0.25, 0.3) is 10.0 Å². The zero-order valence-electron chi connectivity index (χ0n) is 21.6. The molecule has 0 bridgehead atoms. The fourth-order valence-corrected chi connectivity index (χ4v) is 6.29. The summed E-state index contributed by atoms with van der Waals surface area (Å²) in [7, 11) is -4.20. The SMILES string of the molecule is O=C(CN(c1ccc(F)cc1)S(=O)(=O)c1ccc2c(c1)OCCO2)NCc1ccccc1CN1CCCCC1. The van der Waals surface area contributed by atoms with E-state index in [1.807, 2.05) is 18.2 Å². The Morgan fingerprint density at radius 1 is 0.897 bits per heavy atom. The highest BCUT2D eigenvalue weighted by molar-refractivity contribution is 7.92. The molecule has 3 aromatic carbocycles. The van der Waals surface area contributed by atoms with E-state index < -0.39 is 28.3 Å². The zero-order valence-corrected chi connectivity index (χ0v) is 22.5. The third kappa shape index (κ3) is 6.51. The number of ether oxygens (including phenoxy) is 2. The van der Waals surface area contributed by atoms with Crippen LogP contribution in [-0.2, 0) is 27.9 Å². The average Bonchev–Trinajstić information content (AvgIpc) is 2.96. The Morgan fingerprint density at radius 2 is 1.59 bits per heavy atom. The van der Waals surface area contributed by atoms with Crippen molar-refractivity contribution < 1.29 is 27.1 Å². The minimum atomic E-state index is -4.20. The molecule has 206 valence electrons. The Morgan fingerprint density at radius 3 is 2.33 bits per heavy atom. The molecule has 10 heteroatoms. The van der Waals surface area contributed by atoms with Gasteiger partial charge in [-0.2, -0.15) is 0 Å². The first kappa shape index (κ1) is 27.0. The van der Waals surface area contributed by atoms with Crippen molar-refractivity contribution in [3.63, 3.8) is 0 Å². The molecule has 1 saturated heterocycles.